The molecule has 3 rings (SSSR count). The molecule has 25 heavy (non-hydrogen) atoms. The second-order valence-electron chi connectivity index (χ2n) is 7.04. The molecule has 2 heterocycles. The monoisotopic (exact) mass is 342 g/mol. The maximum Gasteiger partial charge on any atom is 0.411 e. The molecule has 1 aromatic carbocycles. The highest BCUT2D eigenvalue weighted by atomic mass is 16.6. The van der Waals surface area contributed by atoms with Crippen molar-refractivity contribution < 1.29 is 19.1 Å². The van der Waals surface area contributed by atoms with E-state index in [1.54, 1.807) is 39.1 Å². The molecule has 0 radical (unpaired) electrons. The molecule has 1 aromatic heterocycles. The van der Waals surface area contributed by atoms with Gasteiger partial charge in [0.1, 0.15) is 11.6 Å². The quantitative estimate of drug-likeness (QED) is 0.785. The number of benzene rings is 1. The summed E-state index contributed by atoms with van der Waals surface area (Å²) in [6, 6.07) is 8.39. The number of ether oxygens (including phenoxy) is 2. The number of ketones is 1. The van der Waals surface area contributed by atoms with Gasteiger partial charge in [0.2, 0.25) is 0 Å². The first-order valence-electron chi connectivity index (χ1n) is 8.31. The van der Waals surface area contributed by atoms with Crippen LogP contribution in [0.4, 0.5) is 4.79 Å². The van der Waals surface area contributed by atoms with E-state index >= 15 is 0 Å². The zero-order chi connectivity index (χ0) is 18.0. The molecule has 6 nitrogen and oxygen atoms in total. The second-order valence-corrected chi connectivity index (χ2v) is 7.04. The summed E-state index contributed by atoms with van der Waals surface area (Å²) in [7, 11) is 0. The molecule has 1 fully saturated rings. The zero-order valence-corrected chi connectivity index (χ0v) is 14.7. The highest BCUT2D eigenvalue weighted by Gasteiger charge is 2.35. The van der Waals surface area contributed by atoms with Crippen molar-refractivity contribution in [1.29, 1.82) is 0 Å². The van der Waals surface area contributed by atoms with Crippen LogP contribution in [-0.4, -0.2) is 53.2 Å². The van der Waals surface area contributed by atoms with Gasteiger partial charge in [-0.15, -0.1) is 0 Å². The van der Waals surface area contributed by atoms with E-state index in [4.69, 9.17) is 9.47 Å². The number of morpholine rings is 1. The number of amides is 1. The van der Waals surface area contributed by atoms with Gasteiger partial charge in [-0.25, -0.2) is 4.79 Å². The van der Waals surface area contributed by atoms with Crippen molar-refractivity contribution in [3.05, 3.63) is 42.1 Å². The van der Waals surface area contributed by atoms with Crippen LogP contribution in [-0.2, 0) is 9.47 Å². The maximum absolute atomic E-state index is 13.0. The number of nitrogens with zero attached hydrogens (tertiary/aromatic N) is 2. The van der Waals surface area contributed by atoms with Crippen LogP contribution >= 0.6 is 0 Å². The van der Waals surface area contributed by atoms with Gasteiger partial charge in [0, 0.05) is 23.7 Å². The Labute approximate surface area is 146 Å². The molecule has 0 N–H and O–H groups in total. The molecule has 1 atom stereocenters. The first kappa shape index (κ1) is 17.4. The fourth-order valence-corrected chi connectivity index (χ4v) is 2.78. The van der Waals surface area contributed by atoms with E-state index in [0.29, 0.717) is 18.7 Å². The number of Topliss-reactive ketones (excluding diaryl/α,β-unsaturated/α-hetero) is 1. The standard InChI is InChI=1S/C19H22N2O4/c1-19(2,3)25-18(23)21-9-10-24-12-16(21)17(22)14-6-7-15-13(11-14)5-4-8-20-15/h4-8,11,16H,9-10,12H2,1-3H3. The Morgan fingerprint density at radius 3 is 2.84 bits per heavy atom. The van der Waals surface area contributed by atoms with Crippen molar-refractivity contribution >= 4 is 22.8 Å². The van der Waals surface area contributed by atoms with Gasteiger partial charge in [-0.05, 0) is 45.0 Å². The number of carbonyl (C=O) groups excluding carboxylic acids is 2. The number of hydrogen-bond donors (Lipinski definition) is 0. The van der Waals surface area contributed by atoms with Gasteiger partial charge in [0.05, 0.1) is 18.7 Å². The van der Waals surface area contributed by atoms with E-state index in [-0.39, 0.29) is 12.4 Å². The van der Waals surface area contributed by atoms with Crippen LogP contribution in [0.25, 0.3) is 10.9 Å². The predicted molar refractivity (Wildman–Crippen MR) is 93.6 cm³/mol. The second kappa shape index (κ2) is 6.80. The van der Waals surface area contributed by atoms with E-state index in [0.717, 1.165) is 10.9 Å². The average molecular weight is 342 g/mol. The summed E-state index contributed by atoms with van der Waals surface area (Å²) in [5, 5.41) is 0.883. The molecule has 1 saturated heterocycles. The molecule has 2 aromatic rings. The number of carbonyl (C=O) groups is 2. The molecule has 0 saturated carbocycles. The summed E-state index contributed by atoms with van der Waals surface area (Å²) in [6.45, 7) is 6.31. The highest BCUT2D eigenvalue weighted by molar-refractivity contribution is 6.04. The van der Waals surface area contributed by atoms with Crippen LogP contribution in [0.1, 0.15) is 31.1 Å². The lowest BCUT2D eigenvalue weighted by molar-refractivity contribution is -0.0265. The molecule has 132 valence electrons. The minimum Gasteiger partial charge on any atom is -0.444 e. The van der Waals surface area contributed by atoms with Gasteiger partial charge in [-0.1, -0.05) is 6.07 Å². The lowest BCUT2D eigenvalue weighted by Gasteiger charge is -2.35. The van der Waals surface area contributed by atoms with Crippen LogP contribution in [0, 0.1) is 0 Å². The Kier molecular flexibility index (Phi) is 4.72. The molecule has 0 aliphatic carbocycles. The lowest BCUT2D eigenvalue weighted by atomic mass is 10.0. The van der Waals surface area contributed by atoms with Crippen LogP contribution in [0.2, 0.25) is 0 Å². The van der Waals surface area contributed by atoms with E-state index in [1.807, 2.05) is 18.2 Å². The Hall–Kier alpha value is -2.47. The van der Waals surface area contributed by atoms with Crippen molar-refractivity contribution in [3.63, 3.8) is 0 Å². The van der Waals surface area contributed by atoms with E-state index in [9.17, 15) is 9.59 Å². The summed E-state index contributed by atoms with van der Waals surface area (Å²) in [5.41, 5.74) is 0.741. The topological polar surface area (TPSA) is 68.7 Å². The van der Waals surface area contributed by atoms with E-state index in [1.165, 1.54) is 4.90 Å². The third-order valence-electron chi connectivity index (χ3n) is 3.95. The van der Waals surface area contributed by atoms with E-state index < -0.39 is 17.7 Å². The lowest BCUT2D eigenvalue weighted by Crippen LogP contribution is -2.53. The van der Waals surface area contributed by atoms with Crippen molar-refractivity contribution in [3.8, 4) is 0 Å². The molecule has 0 spiro atoms. The Morgan fingerprint density at radius 1 is 1.28 bits per heavy atom. The summed E-state index contributed by atoms with van der Waals surface area (Å²) >= 11 is 0. The number of fused-ring (bicyclic) bond motifs is 1. The average Bonchev–Trinajstić information content (AvgIpc) is 2.59. The van der Waals surface area contributed by atoms with Gasteiger partial charge in [-0.3, -0.25) is 14.7 Å². The molecular formula is C19H22N2O4. The summed E-state index contributed by atoms with van der Waals surface area (Å²) < 4.78 is 10.9. The summed E-state index contributed by atoms with van der Waals surface area (Å²) in [6.07, 6.45) is 1.22. The fourth-order valence-electron chi connectivity index (χ4n) is 2.78. The normalized spacial score (nSPS) is 18.2. The maximum atomic E-state index is 13.0. The molecule has 0 bridgehead atoms. The van der Waals surface area contributed by atoms with Crippen molar-refractivity contribution in [2.75, 3.05) is 19.8 Å². The number of rotatable bonds is 2. The highest BCUT2D eigenvalue weighted by Crippen LogP contribution is 2.20. The van der Waals surface area contributed by atoms with Crippen LogP contribution in [0.5, 0.6) is 0 Å². The van der Waals surface area contributed by atoms with Crippen molar-refractivity contribution in [2.24, 2.45) is 0 Å². The van der Waals surface area contributed by atoms with Gasteiger partial charge in [0.15, 0.2) is 5.78 Å². The predicted octanol–water partition coefficient (Wildman–Crippen LogP) is 3.05. The Morgan fingerprint density at radius 2 is 2.08 bits per heavy atom. The van der Waals surface area contributed by atoms with Gasteiger partial charge in [0.25, 0.3) is 0 Å². The van der Waals surface area contributed by atoms with Crippen LogP contribution in [0.15, 0.2) is 36.5 Å². The molecule has 1 amide bonds. The summed E-state index contributed by atoms with van der Waals surface area (Å²) in [5.74, 6) is -0.156. The van der Waals surface area contributed by atoms with Gasteiger partial charge < -0.3 is 9.47 Å². The number of aromatic nitrogens is 1. The van der Waals surface area contributed by atoms with Crippen molar-refractivity contribution in [1.82, 2.24) is 9.88 Å². The third kappa shape index (κ3) is 3.96. The van der Waals surface area contributed by atoms with Gasteiger partial charge in [-0.2, -0.15) is 0 Å². The minimum atomic E-state index is -0.683. The first-order chi connectivity index (χ1) is 11.8. The molecule has 6 heteroatoms. The van der Waals surface area contributed by atoms with Crippen LogP contribution in [0.3, 0.4) is 0 Å². The van der Waals surface area contributed by atoms with E-state index in [2.05, 4.69) is 4.98 Å². The first-order valence-corrected chi connectivity index (χ1v) is 8.31. The third-order valence-corrected chi connectivity index (χ3v) is 3.95. The largest absolute Gasteiger partial charge is 0.444 e. The molecule has 1 unspecified atom stereocenters. The fraction of sp³-hybridized carbons (Fsp3) is 0.421. The van der Waals surface area contributed by atoms with Crippen molar-refractivity contribution in [2.45, 2.75) is 32.4 Å². The number of hydrogen-bond acceptors (Lipinski definition) is 5. The van der Waals surface area contributed by atoms with Gasteiger partial charge >= 0.3 is 6.09 Å². The Balaban J connectivity index is 1.85. The molecule has 1 aliphatic rings. The molecular weight excluding hydrogens is 320 g/mol. The smallest absolute Gasteiger partial charge is 0.411 e. The Bertz CT molecular complexity index is 797. The summed E-state index contributed by atoms with van der Waals surface area (Å²) in [4.78, 5) is 31.2. The number of pyridine rings is 1. The van der Waals surface area contributed by atoms with Crippen LogP contribution < -0.4 is 0 Å². The molecule has 1 aliphatic heterocycles. The minimum absolute atomic E-state index is 0.156. The SMILES string of the molecule is CC(C)(C)OC(=O)N1CCOCC1C(=O)c1ccc2ncccc2c1. The zero-order valence-electron chi connectivity index (χ0n) is 14.7.